The molecular formula is C9H18Cl2NO3+. The number of hydrogen-bond acceptors (Lipinski definition) is 3. The van der Waals surface area contributed by atoms with E-state index >= 15 is 0 Å². The number of alkyl halides is 2. The lowest BCUT2D eigenvalue weighted by Gasteiger charge is -2.50. The van der Waals surface area contributed by atoms with Crippen LogP contribution >= 0.6 is 23.2 Å². The van der Waals surface area contributed by atoms with E-state index < -0.39 is 12.2 Å². The van der Waals surface area contributed by atoms with Crippen molar-refractivity contribution in [2.45, 2.75) is 18.3 Å². The number of quaternary nitrogens is 1. The molecule has 0 aromatic rings. The Morgan fingerprint density at radius 1 is 1.07 bits per heavy atom. The lowest BCUT2D eigenvalue weighted by Crippen LogP contribution is -2.70. The second-order valence-corrected chi connectivity index (χ2v) is 4.96. The van der Waals surface area contributed by atoms with E-state index in [4.69, 9.17) is 23.2 Å². The fourth-order valence-electron chi connectivity index (χ4n) is 2.21. The Hall–Kier alpha value is 0.420. The van der Waals surface area contributed by atoms with Crippen LogP contribution in [0.2, 0.25) is 0 Å². The minimum atomic E-state index is -0.596. The lowest BCUT2D eigenvalue weighted by atomic mass is 10.0. The molecule has 1 saturated heterocycles. The molecule has 2 atom stereocenters. The number of halogens is 2. The summed E-state index contributed by atoms with van der Waals surface area (Å²) in [6.45, 7) is 2.05. The molecule has 0 amide bonds. The zero-order chi connectivity index (χ0) is 11.5. The van der Waals surface area contributed by atoms with E-state index in [9.17, 15) is 15.3 Å². The molecule has 0 spiro atoms. The predicted molar refractivity (Wildman–Crippen MR) is 59.2 cm³/mol. The molecule has 0 aromatic carbocycles. The highest BCUT2D eigenvalue weighted by atomic mass is 35.5. The van der Waals surface area contributed by atoms with Gasteiger partial charge in [0.05, 0.1) is 11.8 Å². The molecule has 0 bridgehead atoms. The van der Waals surface area contributed by atoms with Gasteiger partial charge >= 0.3 is 0 Å². The summed E-state index contributed by atoms with van der Waals surface area (Å²) in [7, 11) is 0. The van der Waals surface area contributed by atoms with Crippen LogP contribution in [0.5, 0.6) is 0 Å². The molecule has 90 valence electrons. The molecule has 1 aliphatic rings. The highest BCUT2D eigenvalue weighted by molar-refractivity contribution is 6.18. The van der Waals surface area contributed by atoms with Gasteiger partial charge in [-0.1, -0.05) is 0 Å². The Morgan fingerprint density at radius 3 is 1.73 bits per heavy atom. The Labute approximate surface area is 99.6 Å². The average Bonchev–Trinajstić information content (AvgIpc) is 2.15. The summed E-state index contributed by atoms with van der Waals surface area (Å²) in [5, 5.41) is 28.3. The summed E-state index contributed by atoms with van der Waals surface area (Å²) in [6, 6.07) is 0. The molecule has 6 heteroatoms. The van der Waals surface area contributed by atoms with Crippen LogP contribution in [0.1, 0.15) is 0 Å². The van der Waals surface area contributed by atoms with E-state index in [1.165, 1.54) is 0 Å². The first-order chi connectivity index (χ1) is 7.01. The smallest absolute Gasteiger partial charge is 0.152 e. The van der Waals surface area contributed by atoms with Crippen LogP contribution in [0.3, 0.4) is 0 Å². The van der Waals surface area contributed by atoms with Crippen LogP contribution in [0.4, 0.5) is 0 Å². The fraction of sp³-hybridized carbons (Fsp3) is 1.00. The highest BCUT2D eigenvalue weighted by Crippen LogP contribution is 2.22. The summed E-state index contributed by atoms with van der Waals surface area (Å²) in [4.78, 5) is 0. The zero-order valence-corrected chi connectivity index (χ0v) is 10.0. The first-order valence-electron chi connectivity index (χ1n) is 5.02. The van der Waals surface area contributed by atoms with Crippen LogP contribution in [0.15, 0.2) is 0 Å². The number of aliphatic hydroxyl groups is 3. The fourth-order valence-corrected chi connectivity index (χ4v) is 2.40. The molecule has 1 aliphatic heterocycles. The van der Waals surface area contributed by atoms with Crippen LogP contribution in [0.25, 0.3) is 0 Å². The topological polar surface area (TPSA) is 60.7 Å². The summed E-state index contributed by atoms with van der Waals surface area (Å²) >= 11 is 11.1. The molecule has 1 fully saturated rings. The molecule has 0 saturated carbocycles. The third kappa shape index (κ3) is 3.73. The van der Waals surface area contributed by atoms with E-state index in [0.717, 1.165) is 0 Å². The van der Waals surface area contributed by atoms with Gasteiger partial charge in [0.2, 0.25) is 0 Å². The highest BCUT2D eigenvalue weighted by Gasteiger charge is 2.45. The van der Waals surface area contributed by atoms with Crippen molar-refractivity contribution >= 4 is 23.2 Å². The van der Waals surface area contributed by atoms with E-state index in [2.05, 4.69) is 0 Å². The Bertz CT molecular complexity index is 186. The Kier molecular flexibility index (Phi) is 5.09. The van der Waals surface area contributed by atoms with Crippen molar-refractivity contribution in [3.8, 4) is 0 Å². The first-order valence-corrected chi connectivity index (χ1v) is 6.09. The summed E-state index contributed by atoms with van der Waals surface area (Å²) in [5.41, 5.74) is 0. The van der Waals surface area contributed by atoms with Gasteiger partial charge < -0.3 is 19.8 Å². The maximum absolute atomic E-state index is 9.49. The predicted octanol–water partition coefficient (Wildman–Crippen LogP) is -0.623. The van der Waals surface area contributed by atoms with Gasteiger partial charge in [-0.05, 0) is 0 Å². The lowest BCUT2D eigenvalue weighted by molar-refractivity contribution is -0.976. The zero-order valence-electron chi connectivity index (χ0n) is 8.52. The summed E-state index contributed by atoms with van der Waals surface area (Å²) in [5.74, 6) is 0.347. The molecule has 0 aromatic heterocycles. The van der Waals surface area contributed by atoms with Gasteiger partial charge in [-0.15, -0.1) is 23.2 Å². The van der Waals surface area contributed by atoms with Gasteiger partial charge in [0.25, 0.3) is 0 Å². The molecule has 3 N–H and O–H groups in total. The largest absolute Gasteiger partial charge is 0.386 e. The van der Waals surface area contributed by atoms with E-state index in [0.29, 0.717) is 30.7 Å². The Balaban J connectivity index is 2.48. The molecule has 0 aliphatic carbocycles. The number of likely N-dealkylation sites (tertiary alicyclic amines) is 1. The summed E-state index contributed by atoms with van der Waals surface area (Å²) in [6.07, 6.45) is -1.53. The maximum atomic E-state index is 9.49. The van der Waals surface area contributed by atoms with Gasteiger partial charge in [-0.3, -0.25) is 0 Å². The molecule has 2 unspecified atom stereocenters. The summed E-state index contributed by atoms with van der Waals surface area (Å²) < 4.78 is 0.503. The minimum absolute atomic E-state index is 0.174. The normalized spacial score (nSPS) is 34.6. The van der Waals surface area contributed by atoms with E-state index in [1.54, 1.807) is 0 Å². The van der Waals surface area contributed by atoms with Crippen molar-refractivity contribution in [1.82, 2.24) is 0 Å². The molecule has 0 radical (unpaired) electrons. The van der Waals surface area contributed by atoms with Gasteiger partial charge in [0, 0.05) is 0 Å². The van der Waals surface area contributed by atoms with Crippen molar-refractivity contribution in [3.05, 3.63) is 0 Å². The molecule has 1 heterocycles. The third-order valence-electron chi connectivity index (χ3n) is 2.75. The molecule has 4 nitrogen and oxygen atoms in total. The number of hydrogen-bond donors (Lipinski definition) is 3. The molecule has 1 rings (SSSR count). The van der Waals surface area contributed by atoms with Gasteiger partial charge in [-0.25, -0.2) is 0 Å². The number of nitrogens with zero attached hydrogens (tertiary/aromatic N) is 1. The quantitative estimate of drug-likeness (QED) is 0.440. The number of aliphatic hydroxyl groups excluding tert-OH is 3. The van der Waals surface area contributed by atoms with Crippen LogP contribution in [-0.4, -0.2) is 76.1 Å². The van der Waals surface area contributed by atoms with Crippen molar-refractivity contribution < 1.29 is 19.8 Å². The maximum Gasteiger partial charge on any atom is 0.152 e. The standard InChI is InChI=1S/C9H18Cl2NO3/c10-1-7(13)3-12(4-8(14)2-11)5-9(15)6-12/h7-9,13-15H,1-6H2/q+1. The second-order valence-electron chi connectivity index (χ2n) is 4.34. The van der Waals surface area contributed by atoms with Crippen molar-refractivity contribution in [2.24, 2.45) is 0 Å². The third-order valence-corrected chi connectivity index (χ3v) is 3.46. The Morgan fingerprint density at radius 2 is 1.47 bits per heavy atom. The monoisotopic (exact) mass is 258 g/mol. The minimum Gasteiger partial charge on any atom is -0.386 e. The molecule has 15 heavy (non-hydrogen) atoms. The van der Waals surface area contributed by atoms with Crippen LogP contribution < -0.4 is 0 Å². The average molecular weight is 259 g/mol. The molecular weight excluding hydrogens is 241 g/mol. The number of rotatable bonds is 6. The van der Waals surface area contributed by atoms with E-state index in [-0.39, 0.29) is 17.9 Å². The van der Waals surface area contributed by atoms with Crippen LogP contribution in [-0.2, 0) is 0 Å². The van der Waals surface area contributed by atoms with Gasteiger partial charge in [0.15, 0.2) is 6.10 Å². The first kappa shape index (κ1) is 13.5. The van der Waals surface area contributed by atoms with Gasteiger partial charge in [-0.2, -0.15) is 0 Å². The van der Waals surface area contributed by atoms with Crippen molar-refractivity contribution in [2.75, 3.05) is 37.9 Å². The van der Waals surface area contributed by atoms with Gasteiger partial charge in [0.1, 0.15) is 38.4 Å². The second kappa shape index (κ2) is 5.66. The van der Waals surface area contributed by atoms with Crippen molar-refractivity contribution in [3.63, 3.8) is 0 Å². The van der Waals surface area contributed by atoms with E-state index in [1.807, 2.05) is 0 Å². The van der Waals surface area contributed by atoms with Crippen LogP contribution in [0, 0.1) is 0 Å². The van der Waals surface area contributed by atoms with Crippen molar-refractivity contribution in [1.29, 1.82) is 0 Å². The SMILES string of the molecule is OC(CCl)C[N+]1(CC(O)CCl)CC(O)C1.